The van der Waals surface area contributed by atoms with Crippen LogP contribution in [0.15, 0.2) is 24.5 Å². The Kier molecular flexibility index (Phi) is 3.66. The smallest absolute Gasteiger partial charge is 0.328 e. The van der Waals surface area contributed by atoms with E-state index in [0.29, 0.717) is 6.04 Å². The van der Waals surface area contributed by atoms with E-state index in [1.54, 1.807) is 31.5 Å². The summed E-state index contributed by atoms with van der Waals surface area (Å²) < 4.78 is 0. The van der Waals surface area contributed by atoms with E-state index in [-0.39, 0.29) is 0 Å². The van der Waals surface area contributed by atoms with Gasteiger partial charge in [-0.15, -0.1) is 0 Å². The van der Waals surface area contributed by atoms with Gasteiger partial charge in [-0.2, -0.15) is 0 Å². The van der Waals surface area contributed by atoms with Crippen molar-refractivity contribution in [3.05, 3.63) is 30.1 Å². The second-order valence-electron chi connectivity index (χ2n) is 5.01. The maximum absolute atomic E-state index is 11.8. The van der Waals surface area contributed by atoms with Crippen LogP contribution in [0.3, 0.4) is 0 Å². The molecule has 2 rings (SSSR count). The fourth-order valence-electron chi connectivity index (χ4n) is 2.94. The Morgan fingerprint density at radius 2 is 2.22 bits per heavy atom. The third-order valence-electron chi connectivity index (χ3n) is 4.08. The maximum atomic E-state index is 11.8. The van der Waals surface area contributed by atoms with Gasteiger partial charge in [0.15, 0.2) is 0 Å². The van der Waals surface area contributed by atoms with Crippen LogP contribution in [0.1, 0.15) is 38.7 Å². The van der Waals surface area contributed by atoms with E-state index < -0.39 is 11.5 Å². The molecule has 1 saturated heterocycles. The topological polar surface area (TPSA) is 53.4 Å². The lowest BCUT2D eigenvalue weighted by atomic mass is 9.89. The highest BCUT2D eigenvalue weighted by molar-refractivity contribution is 5.80. The number of rotatable bonds is 4. The largest absolute Gasteiger partial charge is 0.480 e. The molecule has 1 aromatic rings. The molecule has 0 aromatic carbocycles. The first kappa shape index (κ1) is 13.0. The molecule has 2 unspecified atom stereocenters. The Morgan fingerprint density at radius 3 is 2.78 bits per heavy atom. The van der Waals surface area contributed by atoms with E-state index in [0.717, 1.165) is 31.4 Å². The minimum absolute atomic E-state index is 0.360. The fourth-order valence-corrected chi connectivity index (χ4v) is 2.94. The first-order valence-electron chi connectivity index (χ1n) is 6.51. The summed E-state index contributed by atoms with van der Waals surface area (Å²) in [5.74, 6) is -0.783. The third kappa shape index (κ3) is 2.01. The third-order valence-corrected chi connectivity index (χ3v) is 4.08. The second kappa shape index (κ2) is 5.06. The van der Waals surface area contributed by atoms with Crippen molar-refractivity contribution in [2.24, 2.45) is 0 Å². The van der Waals surface area contributed by atoms with Crippen molar-refractivity contribution in [2.75, 3.05) is 6.54 Å². The number of pyridine rings is 1. The molecule has 0 amide bonds. The predicted octanol–water partition coefficient (Wildman–Crippen LogP) is 2.26. The highest BCUT2D eigenvalue weighted by atomic mass is 16.4. The van der Waals surface area contributed by atoms with E-state index in [1.807, 2.05) is 0 Å². The SMILES string of the molecule is CCC1CCCN1C(C)(C(=O)O)c1ccncc1. The number of aliphatic carboxylic acids is 1. The van der Waals surface area contributed by atoms with Gasteiger partial charge >= 0.3 is 5.97 Å². The Morgan fingerprint density at radius 1 is 1.56 bits per heavy atom. The molecular formula is C14H20N2O2. The molecule has 0 spiro atoms. The molecule has 2 atom stereocenters. The second-order valence-corrected chi connectivity index (χ2v) is 5.01. The summed E-state index contributed by atoms with van der Waals surface area (Å²) in [6, 6.07) is 3.97. The number of aromatic nitrogens is 1. The van der Waals surface area contributed by atoms with Gasteiger partial charge in [-0.3, -0.25) is 9.88 Å². The molecule has 1 fully saturated rings. The van der Waals surface area contributed by atoms with E-state index in [1.165, 1.54) is 0 Å². The standard InChI is InChI=1S/C14H20N2O2/c1-3-12-5-4-10-16(12)14(2,13(17)18)11-6-8-15-9-7-11/h6-9,12H,3-5,10H2,1-2H3,(H,17,18). The summed E-state index contributed by atoms with van der Waals surface area (Å²) in [7, 11) is 0. The first-order valence-corrected chi connectivity index (χ1v) is 6.51. The van der Waals surface area contributed by atoms with Crippen LogP contribution in [0.2, 0.25) is 0 Å². The quantitative estimate of drug-likeness (QED) is 0.888. The van der Waals surface area contributed by atoms with Crippen LogP contribution >= 0.6 is 0 Å². The molecule has 4 nitrogen and oxygen atoms in total. The van der Waals surface area contributed by atoms with Crippen LogP contribution in [0.4, 0.5) is 0 Å². The van der Waals surface area contributed by atoms with Crippen LogP contribution in [0.25, 0.3) is 0 Å². The monoisotopic (exact) mass is 248 g/mol. The molecule has 0 radical (unpaired) electrons. The average Bonchev–Trinajstić information content (AvgIpc) is 2.87. The first-order chi connectivity index (χ1) is 8.60. The maximum Gasteiger partial charge on any atom is 0.328 e. The van der Waals surface area contributed by atoms with E-state index in [2.05, 4.69) is 16.8 Å². The van der Waals surface area contributed by atoms with Gasteiger partial charge in [-0.05, 0) is 50.4 Å². The molecule has 98 valence electrons. The summed E-state index contributed by atoms with van der Waals surface area (Å²) in [6.45, 7) is 4.78. The minimum Gasteiger partial charge on any atom is -0.480 e. The Balaban J connectivity index is 2.41. The van der Waals surface area contributed by atoms with Crippen LogP contribution < -0.4 is 0 Å². The van der Waals surface area contributed by atoms with E-state index >= 15 is 0 Å². The molecule has 1 aliphatic rings. The van der Waals surface area contributed by atoms with Crippen molar-refractivity contribution < 1.29 is 9.90 Å². The zero-order chi connectivity index (χ0) is 13.2. The number of hydrogen-bond donors (Lipinski definition) is 1. The zero-order valence-corrected chi connectivity index (χ0v) is 11.0. The van der Waals surface area contributed by atoms with E-state index in [9.17, 15) is 9.90 Å². The highest BCUT2D eigenvalue weighted by Crippen LogP contribution is 2.36. The molecule has 1 aliphatic heterocycles. The normalized spacial score (nSPS) is 23.8. The Hall–Kier alpha value is -1.42. The van der Waals surface area contributed by atoms with Gasteiger partial charge in [0.05, 0.1) is 0 Å². The molecule has 0 aliphatic carbocycles. The lowest BCUT2D eigenvalue weighted by molar-refractivity contribution is -0.152. The highest BCUT2D eigenvalue weighted by Gasteiger charge is 2.45. The number of carbonyl (C=O) groups is 1. The predicted molar refractivity (Wildman–Crippen MR) is 69.2 cm³/mol. The fraction of sp³-hybridized carbons (Fsp3) is 0.571. The molecule has 0 bridgehead atoms. The van der Waals surface area contributed by atoms with Gasteiger partial charge in [-0.25, -0.2) is 4.79 Å². The molecule has 1 N–H and O–H groups in total. The van der Waals surface area contributed by atoms with Gasteiger partial charge < -0.3 is 5.11 Å². The molecule has 4 heteroatoms. The van der Waals surface area contributed by atoms with Crippen molar-refractivity contribution in [1.29, 1.82) is 0 Å². The van der Waals surface area contributed by atoms with Gasteiger partial charge in [-0.1, -0.05) is 6.92 Å². The van der Waals surface area contributed by atoms with Gasteiger partial charge in [0.2, 0.25) is 0 Å². The van der Waals surface area contributed by atoms with Crippen LogP contribution in [0, 0.1) is 0 Å². The van der Waals surface area contributed by atoms with Crippen molar-refractivity contribution in [3.8, 4) is 0 Å². The Labute approximate surface area is 108 Å². The molecule has 18 heavy (non-hydrogen) atoms. The van der Waals surface area contributed by atoms with Crippen LogP contribution in [-0.2, 0) is 10.3 Å². The molecule has 2 heterocycles. The average molecular weight is 248 g/mol. The summed E-state index contributed by atoms with van der Waals surface area (Å²) in [6.07, 6.45) is 6.48. The van der Waals surface area contributed by atoms with Gasteiger partial charge in [0.25, 0.3) is 0 Å². The number of carboxylic acid groups (broad SMARTS) is 1. The number of carboxylic acids is 1. The number of likely N-dealkylation sites (tertiary alicyclic amines) is 1. The van der Waals surface area contributed by atoms with Gasteiger partial charge in [0, 0.05) is 18.4 Å². The van der Waals surface area contributed by atoms with Crippen molar-refractivity contribution >= 4 is 5.97 Å². The molecular weight excluding hydrogens is 228 g/mol. The van der Waals surface area contributed by atoms with Crippen molar-refractivity contribution in [3.63, 3.8) is 0 Å². The minimum atomic E-state index is -0.944. The van der Waals surface area contributed by atoms with Crippen molar-refractivity contribution in [2.45, 2.75) is 44.7 Å². The zero-order valence-electron chi connectivity index (χ0n) is 11.0. The van der Waals surface area contributed by atoms with Gasteiger partial charge in [0.1, 0.15) is 5.54 Å². The molecule has 1 aromatic heterocycles. The van der Waals surface area contributed by atoms with Crippen LogP contribution in [-0.4, -0.2) is 33.5 Å². The lowest BCUT2D eigenvalue weighted by Gasteiger charge is -2.39. The number of hydrogen-bond acceptors (Lipinski definition) is 3. The summed E-state index contributed by atoms with van der Waals surface area (Å²) in [5.41, 5.74) is -0.134. The summed E-state index contributed by atoms with van der Waals surface area (Å²) >= 11 is 0. The van der Waals surface area contributed by atoms with E-state index in [4.69, 9.17) is 0 Å². The number of nitrogens with zero attached hydrogens (tertiary/aromatic N) is 2. The van der Waals surface area contributed by atoms with Crippen LogP contribution in [0.5, 0.6) is 0 Å². The Bertz CT molecular complexity index is 421. The lowest BCUT2D eigenvalue weighted by Crippen LogP contribution is -2.51. The van der Waals surface area contributed by atoms with Crippen molar-refractivity contribution in [1.82, 2.24) is 9.88 Å². The molecule has 0 saturated carbocycles. The summed E-state index contributed by atoms with van der Waals surface area (Å²) in [5, 5.41) is 9.70. The summed E-state index contributed by atoms with van der Waals surface area (Å²) in [4.78, 5) is 17.9.